The van der Waals surface area contributed by atoms with Crippen molar-refractivity contribution in [3.8, 4) is 0 Å². The van der Waals surface area contributed by atoms with Crippen LogP contribution in [0, 0.1) is 0 Å². The number of hydrogen-bond acceptors (Lipinski definition) is 3. The molecule has 1 rings (SSSR count). The van der Waals surface area contributed by atoms with E-state index in [1.807, 2.05) is 13.8 Å². The van der Waals surface area contributed by atoms with Crippen LogP contribution in [-0.2, 0) is 14.3 Å². The molecule has 0 aromatic carbocycles. The third kappa shape index (κ3) is 3.02. The molecule has 1 atom stereocenters. The van der Waals surface area contributed by atoms with Crippen molar-refractivity contribution >= 4 is 11.9 Å². The lowest BCUT2D eigenvalue weighted by molar-refractivity contribution is -0.157. The number of aliphatic carboxylic acids is 1. The summed E-state index contributed by atoms with van der Waals surface area (Å²) >= 11 is 0. The lowest BCUT2D eigenvalue weighted by Crippen LogP contribution is -2.52. The van der Waals surface area contributed by atoms with Gasteiger partial charge < -0.3 is 14.7 Å². The lowest BCUT2D eigenvalue weighted by Gasteiger charge is -2.34. The standard InChI is InChI=1S/C13H23NO4/c1-3-9-18-10-6-11(15)14-8-5-7-13(14,4-2)12(16)17/h3-10H2,1-2H3,(H,16,17). The van der Waals surface area contributed by atoms with Crippen molar-refractivity contribution in [1.29, 1.82) is 0 Å². The topological polar surface area (TPSA) is 66.8 Å². The SMILES string of the molecule is CCCOCCC(=O)N1CCCC1(CC)C(=O)O. The van der Waals surface area contributed by atoms with Gasteiger partial charge in [-0.1, -0.05) is 13.8 Å². The molecular formula is C13H23NO4. The number of carbonyl (C=O) groups is 2. The first kappa shape index (κ1) is 15.0. The summed E-state index contributed by atoms with van der Waals surface area (Å²) in [5, 5.41) is 9.37. The van der Waals surface area contributed by atoms with E-state index in [-0.39, 0.29) is 12.3 Å². The van der Waals surface area contributed by atoms with E-state index in [1.54, 1.807) is 0 Å². The van der Waals surface area contributed by atoms with Crippen LogP contribution < -0.4 is 0 Å². The molecule has 1 fully saturated rings. The minimum atomic E-state index is -0.984. The molecule has 5 nitrogen and oxygen atoms in total. The van der Waals surface area contributed by atoms with Gasteiger partial charge in [0.25, 0.3) is 0 Å². The summed E-state index contributed by atoms with van der Waals surface area (Å²) < 4.78 is 5.28. The zero-order valence-corrected chi connectivity index (χ0v) is 11.3. The molecule has 0 spiro atoms. The highest BCUT2D eigenvalue weighted by molar-refractivity contribution is 5.87. The first-order valence-electron chi connectivity index (χ1n) is 6.70. The predicted molar refractivity (Wildman–Crippen MR) is 67.3 cm³/mol. The van der Waals surface area contributed by atoms with E-state index in [0.717, 1.165) is 12.8 Å². The number of ether oxygens (including phenoxy) is 1. The van der Waals surface area contributed by atoms with Crippen LogP contribution in [0.5, 0.6) is 0 Å². The second kappa shape index (κ2) is 6.73. The van der Waals surface area contributed by atoms with Crippen LogP contribution in [0.1, 0.15) is 46.0 Å². The van der Waals surface area contributed by atoms with E-state index in [9.17, 15) is 14.7 Å². The summed E-state index contributed by atoms with van der Waals surface area (Å²) in [6, 6.07) is 0. The number of amides is 1. The molecule has 1 aliphatic rings. The third-order valence-corrected chi connectivity index (χ3v) is 3.58. The summed E-state index contributed by atoms with van der Waals surface area (Å²) in [5.41, 5.74) is -0.984. The lowest BCUT2D eigenvalue weighted by atomic mass is 9.93. The second-order valence-electron chi connectivity index (χ2n) is 4.70. The third-order valence-electron chi connectivity index (χ3n) is 3.58. The minimum absolute atomic E-state index is 0.104. The molecule has 0 bridgehead atoms. The van der Waals surface area contributed by atoms with Crippen LogP contribution >= 0.6 is 0 Å². The second-order valence-corrected chi connectivity index (χ2v) is 4.70. The quantitative estimate of drug-likeness (QED) is 0.704. The summed E-state index contributed by atoms with van der Waals surface area (Å²) in [6.45, 7) is 5.41. The van der Waals surface area contributed by atoms with Crippen LogP contribution in [0.2, 0.25) is 0 Å². The number of carboxylic acid groups (broad SMARTS) is 1. The molecule has 5 heteroatoms. The van der Waals surface area contributed by atoms with Crippen LogP contribution in [0.25, 0.3) is 0 Å². The summed E-state index contributed by atoms with van der Waals surface area (Å²) in [5.74, 6) is -0.988. The predicted octanol–water partition coefficient (Wildman–Crippen LogP) is 1.66. The number of rotatable bonds is 7. The van der Waals surface area contributed by atoms with Gasteiger partial charge in [-0.15, -0.1) is 0 Å². The molecule has 0 saturated carbocycles. The highest BCUT2D eigenvalue weighted by atomic mass is 16.5. The normalized spacial score (nSPS) is 23.3. The molecule has 0 aliphatic carbocycles. The molecule has 1 heterocycles. The Labute approximate surface area is 108 Å². The van der Waals surface area contributed by atoms with Gasteiger partial charge in [0.2, 0.25) is 5.91 Å². The van der Waals surface area contributed by atoms with Gasteiger partial charge in [0.1, 0.15) is 5.54 Å². The summed E-state index contributed by atoms with van der Waals surface area (Å²) in [4.78, 5) is 25.0. The fourth-order valence-electron chi connectivity index (χ4n) is 2.52. The van der Waals surface area contributed by atoms with Crippen LogP contribution in [-0.4, -0.2) is 47.2 Å². The van der Waals surface area contributed by atoms with Crippen molar-refractivity contribution in [2.45, 2.75) is 51.5 Å². The first-order chi connectivity index (χ1) is 8.58. The van der Waals surface area contributed by atoms with E-state index in [1.165, 1.54) is 4.90 Å². The van der Waals surface area contributed by atoms with Gasteiger partial charge in [-0.25, -0.2) is 4.79 Å². The fourth-order valence-corrected chi connectivity index (χ4v) is 2.52. The molecule has 0 aromatic heterocycles. The van der Waals surface area contributed by atoms with E-state index in [2.05, 4.69) is 0 Å². The van der Waals surface area contributed by atoms with Crippen molar-refractivity contribution in [2.24, 2.45) is 0 Å². The fraction of sp³-hybridized carbons (Fsp3) is 0.846. The van der Waals surface area contributed by atoms with Crippen LogP contribution in [0.15, 0.2) is 0 Å². The number of carbonyl (C=O) groups excluding carboxylic acids is 1. The molecule has 1 saturated heterocycles. The van der Waals surface area contributed by atoms with E-state index < -0.39 is 11.5 Å². The van der Waals surface area contributed by atoms with Gasteiger partial charge in [0.15, 0.2) is 0 Å². The Bertz CT molecular complexity index is 305. The zero-order valence-electron chi connectivity index (χ0n) is 11.3. The number of likely N-dealkylation sites (tertiary alicyclic amines) is 1. The number of nitrogens with zero attached hydrogens (tertiary/aromatic N) is 1. The zero-order chi connectivity index (χ0) is 13.6. The molecule has 1 N–H and O–H groups in total. The van der Waals surface area contributed by atoms with Gasteiger partial charge in [-0.2, -0.15) is 0 Å². The van der Waals surface area contributed by atoms with Gasteiger partial charge >= 0.3 is 5.97 Å². The maximum Gasteiger partial charge on any atom is 0.329 e. The smallest absolute Gasteiger partial charge is 0.329 e. The van der Waals surface area contributed by atoms with Crippen LogP contribution in [0.4, 0.5) is 0 Å². The minimum Gasteiger partial charge on any atom is -0.479 e. The number of carboxylic acids is 1. The van der Waals surface area contributed by atoms with Crippen molar-refractivity contribution in [3.63, 3.8) is 0 Å². The van der Waals surface area contributed by atoms with Gasteiger partial charge in [0, 0.05) is 13.2 Å². The monoisotopic (exact) mass is 257 g/mol. The maximum absolute atomic E-state index is 12.1. The average molecular weight is 257 g/mol. The highest BCUT2D eigenvalue weighted by Gasteiger charge is 2.48. The van der Waals surface area contributed by atoms with E-state index >= 15 is 0 Å². The van der Waals surface area contributed by atoms with Gasteiger partial charge in [0.05, 0.1) is 13.0 Å². The molecule has 18 heavy (non-hydrogen) atoms. The van der Waals surface area contributed by atoms with Crippen molar-refractivity contribution in [2.75, 3.05) is 19.8 Å². The highest BCUT2D eigenvalue weighted by Crippen LogP contribution is 2.33. The van der Waals surface area contributed by atoms with E-state index in [0.29, 0.717) is 32.6 Å². The number of hydrogen-bond donors (Lipinski definition) is 1. The first-order valence-corrected chi connectivity index (χ1v) is 6.70. The Kier molecular flexibility index (Phi) is 5.59. The summed E-state index contributed by atoms with van der Waals surface area (Å²) in [7, 11) is 0. The maximum atomic E-state index is 12.1. The Morgan fingerprint density at radius 1 is 1.33 bits per heavy atom. The van der Waals surface area contributed by atoms with Gasteiger partial charge in [-0.05, 0) is 25.7 Å². The Balaban J connectivity index is 2.58. The molecule has 0 radical (unpaired) electrons. The van der Waals surface area contributed by atoms with E-state index in [4.69, 9.17) is 4.74 Å². The molecular weight excluding hydrogens is 234 g/mol. The van der Waals surface area contributed by atoms with Crippen molar-refractivity contribution in [1.82, 2.24) is 4.90 Å². The average Bonchev–Trinajstić information content (AvgIpc) is 2.79. The Morgan fingerprint density at radius 2 is 2.06 bits per heavy atom. The molecule has 104 valence electrons. The Morgan fingerprint density at radius 3 is 2.61 bits per heavy atom. The largest absolute Gasteiger partial charge is 0.479 e. The molecule has 1 amide bonds. The molecule has 1 aliphatic heterocycles. The summed E-state index contributed by atoms with van der Waals surface area (Å²) in [6.07, 6.45) is 2.98. The molecule has 1 unspecified atom stereocenters. The van der Waals surface area contributed by atoms with Crippen molar-refractivity contribution in [3.05, 3.63) is 0 Å². The molecule has 0 aromatic rings. The van der Waals surface area contributed by atoms with Crippen molar-refractivity contribution < 1.29 is 19.4 Å². The van der Waals surface area contributed by atoms with Crippen LogP contribution in [0.3, 0.4) is 0 Å². The Hall–Kier alpha value is -1.10. The van der Waals surface area contributed by atoms with Gasteiger partial charge in [-0.3, -0.25) is 4.79 Å².